The van der Waals surface area contributed by atoms with Gasteiger partial charge in [-0.3, -0.25) is 4.68 Å². The summed E-state index contributed by atoms with van der Waals surface area (Å²) in [6, 6.07) is 0.687. The molecule has 90 valence electrons. The molecule has 5 heteroatoms. The molecule has 0 amide bonds. The molecule has 16 heavy (non-hydrogen) atoms. The molecule has 4 nitrogen and oxygen atoms in total. The Hall–Kier alpha value is -0.550. The average molecular weight is 240 g/mol. The van der Waals surface area contributed by atoms with Crippen molar-refractivity contribution in [2.45, 2.75) is 43.5 Å². The van der Waals surface area contributed by atoms with Gasteiger partial charge in [0.15, 0.2) is 0 Å². The Morgan fingerprint density at radius 3 is 3.06 bits per heavy atom. The number of aromatic nitrogens is 3. The van der Waals surface area contributed by atoms with Crippen molar-refractivity contribution in [3.8, 4) is 0 Å². The molecule has 2 atom stereocenters. The summed E-state index contributed by atoms with van der Waals surface area (Å²) in [6.07, 6.45) is 11.0. The van der Waals surface area contributed by atoms with Crippen LogP contribution in [0.15, 0.2) is 12.7 Å². The maximum atomic E-state index is 4.10. The largest absolute Gasteiger partial charge is 0.311 e. The highest BCUT2D eigenvalue weighted by atomic mass is 32.2. The first-order valence-corrected chi connectivity index (χ1v) is 7.27. The number of rotatable bonds is 5. The van der Waals surface area contributed by atoms with Crippen LogP contribution in [0.4, 0.5) is 0 Å². The van der Waals surface area contributed by atoms with Gasteiger partial charge >= 0.3 is 0 Å². The van der Waals surface area contributed by atoms with E-state index in [1.54, 1.807) is 12.7 Å². The van der Waals surface area contributed by atoms with E-state index in [9.17, 15) is 0 Å². The molecule has 0 bridgehead atoms. The van der Waals surface area contributed by atoms with E-state index >= 15 is 0 Å². The molecule has 1 aliphatic carbocycles. The molecule has 0 spiro atoms. The second-order valence-electron chi connectivity index (χ2n) is 4.28. The summed E-state index contributed by atoms with van der Waals surface area (Å²) in [6.45, 7) is 1.91. The van der Waals surface area contributed by atoms with Gasteiger partial charge in [-0.15, -0.1) is 0 Å². The van der Waals surface area contributed by atoms with E-state index in [0.29, 0.717) is 6.04 Å². The Morgan fingerprint density at radius 1 is 1.44 bits per heavy atom. The summed E-state index contributed by atoms with van der Waals surface area (Å²) in [5.74, 6) is 0. The lowest BCUT2D eigenvalue weighted by Crippen LogP contribution is -2.41. The molecule has 1 aromatic heterocycles. The molecule has 1 fully saturated rings. The highest BCUT2D eigenvalue weighted by Crippen LogP contribution is 2.26. The SMILES string of the molecule is CSC1CCCCC1NCCn1cncn1. The van der Waals surface area contributed by atoms with E-state index in [0.717, 1.165) is 18.3 Å². The lowest BCUT2D eigenvalue weighted by molar-refractivity contribution is 0.374. The predicted molar refractivity (Wildman–Crippen MR) is 67.6 cm³/mol. The normalized spacial score (nSPS) is 25.8. The van der Waals surface area contributed by atoms with Gasteiger partial charge in [-0.05, 0) is 19.1 Å². The lowest BCUT2D eigenvalue weighted by Gasteiger charge is -2.31. The summed E-state index contributed by atoms with van der Waals surface area (Å²) in [4.78, 5) is 3.94. The first-order chi connectivity index (χ1) is 7.90. The third-order valence-electron chi connectivity index (χ3n) is 3.22. The van der Waals surface area contributed by atoms with Crippen LogP contribution in [0.1, 0.15) is 25.7 Å². The van der Waals surface area contributed by atoms with Gasteiger partial charge in [-0.1, -0.05) is 12.8 Å². The number of thioether (sulfide) groups is 1. The molecular weight excluding hydrogens is 220 g/mol. The van der Waals surface area contributed by atoms with Crippen LogP contribution < -0.4 is 5.32 Å². The van der Waals surface area contributed by atoms with Crippen LogP contribution in [-0.2, 0) is 6.54 Å². The van der Waals surface area contributed by atoms with Crippen LogP contribution in [0.3, 0.4) is 0 Å². The maximum absolute atomic E-state index is 4.10. The van der Waals surface area contributed by atoms with Crippen molar-refractivity contribution < 1.29 is 0 Å². The second-order valence-corrected chi connectivity index (χ2v) is 5.35. The standard InChI is InChI=1S/C11H20N4S/c1-16-11-5-3-2-4-10(11)13-6-7-15-9-12-8-14-15/h8-11,13H,2-7H2,1H3. The van der Waals surface area contributed by atoms with E-state index in [-0.39, 0.29) is 0 Å². The number of nitrogens with one attached hydrogen (secondary N) is 1. The Morgan fingerprint density at radius 2 is 2.31 bits per heavy atom. The first kappa shape index (κ1) is 11.9. The molecule has 1 aromatic rings. The molecule has 0 saturated heterocycles. The van der Waals surface area contributed by atoms with Crippen molar-refractivity contribution in [3.05, 3.63) is 12.7 Å². The van der Waals surface area contributed by atoms with Crippen LogP contribution >= 0.6 is 11.8 Å². The Labute approximate surface area is 101 Å². The zero-order valence-electron chi connectivity index (χ0n) is 9.80. The zero-order chi connectivity index (χ0) is 11.2. The molecule has 1 N–H and O–H groups in total. The van der Waals surface area contributed by atoms with Crippen molar-refractivity contribution in [2.24, 2.45) is 0 Å². The summed E-state index contributed by atoms with van der Waals surface area (Å²) in [7, 11) is 0. The highest BCUT2D eigenvalue weighted by molar-refractivity contribution is 7.99. The third-order valence-corrected chi connectivity index (χ3v) is 4.39. The summed E-state index contributed by atoms with van der Waals surface area (Å²) in [5, 5.41) is 8.55. The van der Waals surface area contributed by atoms with Crippen molar-refractivity contribution in [3.63, 3.8) is 0 Å². The van der Waals surface area contributed by atoms with E-state index < -0.39 is 0 Å². The molecule has 2 unspecified atom stereocenters. The average Bonchev–Trinajstić information content (AvgIpc) is 2.83. The van der Waals surface area contributed by atoms with E-state index in [1.165, 1.54) is 25.7 Å². The number of hydrogen-bond acceptors (Lipinski definition) is 4. The summed E-state index contributed by atoms with van der Waals surface area (Å²) >= 11 is 2.00. The van der Waals surface area contributed by atoms with Crippen molar-refractivity contribution in [1.29, 1.82) is 0 Å². The Kier molecular flexibility index (Phi) is 4.66. The second kappa shape index (κ2) is 6.25. The Bertz CT molecular complexity index is 288. The molecular formula is C11H20N4S. The topological polar surface area (TPSA) is 42.7 Å². The van der Waals surface area contributed by atoms with E-state index in [2.05, 4.69) is 21.7 Å². The minimum atomic E-state index is 0.687. The van der Waals surface area contributed by atoms with Crippen LogP contribution in [-0.4, -0.2) is 38.9 Å². The third kappa shape index (κ3) is 3.22. The predicted octanol–water partition coefficient (Wildman–Crippen LogP) is 1.54. The zero-order valence-corrected chi connectivity index (χ0v) is 10.6. The fourth-order valence-corrected chi connectivity index (χ4v) is 3.29. The molecule has 0 aliphatic heterocycles. The fraction of sp³-hybridized carbons (Fsp3) is 0.818. The van der Waals surface area contributed by atoms with Crippen LogP contribution in [0, 0.1) is 0 Å². The molecule has 1 heterocycles. The first-order valence-electron chi connectivity index (χ1n) is 5.99. The van der Waals surface area contributed by atoms with Crippen molar-refractivity contribution >= 4 is 11.8 Å². The van der Waals surface area contributed by atoms with Gasteiger partial charge in [-0.25, -0.2) is 4.98 Å². The maximum Gasteiger partial charge on any atom is 0.137 e. The van der Waals surface area contributed by atoms with Crippen LogP contribution in [0.5, 0.6) is 0 Å². The Balaban J connectivity index is 1.71. The minimum Gasteiger partial charge on any atom is -0.311 e. The number of nitrogens with zero attached hydrogens (tertiary/aromatic N) is 3. The summed E-state index contributed by atoms with van der Waals surface area (Å²) in [5.41, 5.74) is 0. The monoisotopic (exact) mass is 240 g/mol. The summed E-state index contributed by atoms with van der Waals surface area (Å²) < 4.78 is 1.88. The van der Waals surface area contributed by atoms with Crippen LogP contribution in [0.25, 0.3) is 0 Å². The van der Waals surface area contributed by atoms with E-state index in [4.69, 9.17) is 0 Å². The van der Waals surface area contributed by atoms with Gasteiger partial charge < -0.3 is 5.32 Å². The minimum absolute atomic E-state index is 0.687. The van der Waals surface area contributed by atoms with Gasteiger partial charge in [0, 0.05) is 17.8 Å². The lowest BCUT2D eigenvalue weighted by atomic mass is 9.95. The van der Waals surface area contributed by atoms with Gasteiger partial charge in [0.2, 0.25) is 0 Å². The molecule has 1 aliphatic rings. The van der Waals surface area contributed by atoms with Crippen molar-refractivity contribution in [2.75, 3.05) is 12.8 Å². The molecule has 1 saturated carbocycles. The number of hydrogen-bond donors (Lipinski definition) is 1. The van der Waals surface area contributed by atoms with E-state index in [1.807, 2.05) is 16.4 Å². The van der Waals surface area contributed by atoms with Crippen LogP contribution in [0.2, 0.25) is 0 Å². The molecule has 2 rings (SSSR count). The van der Waals surface area contributed by atoms with Gasteiger partial charge in [-0.2, -0.15) is 16.9 Å². The molecule has 0 radical (unpaired) electrons. The van der Waals surface area contributed by atoms with Crippen molar-refractivity contribution in [1.82, 2.24) is 20.1 Å². The molecule has 0 aromatic carbocycles. The van der Waals surface area contributed by atoms with Gasteiger partial charge in [0.25, 0.3) is 0 Å². The van der Waals surface area contributed by atoms with Gasteiger partial charge in [0.05, 0.1) is 6.54 Å². The van der Waals surface area contributed by atoms with Gasteiger partial charge in [0.1, 0.15) is 12.7 Å². The smallest absolute Gasteiger partial charge is 0.137 e. The fourth-order valence-electron chi connectivity index (χ4n) is 2.33. The quantitative estimate of drug-likeness (QED) is 0.848. The highest BCUT2D eigenvalue weighted by Gasteiger charge is 2.23.